The molecule has 0 saturated heterocycles. The number of aromatic nitrogens is 4. The molecule has 0 amide bonds. The van der Waals surface area contributed by atoms with Gasteiger partial charge in [-0.3, -0.25) is 9.89 Å². The van der Waals surface area contributed by atoms with Gasteiger partial charge in [0.15, 0.2) is 22.4 Å². The number of benzene rings is 1. The van der Waals surface area contributed by atoms with Crippen LogP contribution in [0.2, 0.25) is 0 Å². The van der Waals surface area contributed by atoms with E-state index in [9.17, 15) is 4.79 Å². The number of nitrogens with zero attached hydrogens (tertiary/aromatic N) is 3. The molecule has 4 aromatic rings. The van der Waals surface area contributed by atoms with Crippen LogP contribution in [0.3, 0.4) is 0 Å². The summed E-state index contributed by atoms with van der Waals surface area (Å²) in [6, 6.07) is 11.1. The van der Waals surface area contributed by atoms with Crippen molar-refractivity contribution in [3.8, 4) is 17.3 Å². The van der Waals surface area contributed by atoms with Crippen molar-refractivity contribution in [1.82, 2.24) is 19.6 Å². The van der Waals surface area contributed by atoms with Crippen LogP contribution in [0.1, 0.15) is 11.1 Å². The second kappa shape index (κ2) is 7.32. The Kier molecular flexibility index (Phi) is 4.72. The van der Waals surface area contributed by atoms with Crippen molar-refractivity contribution >= 4 is 17.4 Å². The molecular formula is C19H18N4O3S. The lowest BCUT2D eigenvalue weighted by Crippen LogP contribution is -2.06. The number of hydrogen-bond donors (Lipinski definition) is 1. The first-order valence-electron chi connectivity index (χ1n) is 8.46. The van der Waals surface area contributed by atoms with Crippen molar-refractivity contribution in [3.63, 3.8) is 0 Å². The van der Waals surface area contributed by atoms with E-state index in [4.69, 9.17) is 9.15 Å². The summed E-state index contributed by atoms with van der Waals surface area (Å²) in [7, 11) is 0. The molecule has 3 aromatic heterocycles. The van der Waals surface area contributed by atoms with Gasteiger partial charge in [-0.05, 0) is 49.2 Å². The molecule has 138 valence electrons. The number of thioether (sulfide) groups is 1. The highest BCUT2D eigenvalue weighted by Crippen LogP contribution is 2.22. The molecule has 0 aliphatic heterocycles. The van der Waals surface area contributed by atoms with Gasteiger partial charge in [0.05, 0.1) is 12.9 Å². The summed E-state index contributed by atoms with van der Waals surface area (Å²) in [6.07, 6.45) is 1.57. The maximum absolute atomic E-state index is 11.7. The molecule has 1 N–H and O–H groups in total. The number of hydrogen-bond acceptors (Lipinski definition) is 6. The van der Waals surface area contributed by atoms with E-state index in [2.05, 4.69) is 21.1 Å². The number of ether oxygens (including phenoxy) is 1. The van der Waals surface area contributed by atoms with Gasteiger partial charge in [0.25, 0.3) is 5.56 Å². The monoisotopic (exact) mass is 382 g/mol. The Labute approximate surface area is 159 Å². The summed E-state index contributed by atoms with van der Waals surface area (Å²) < 4.78 is 12.8. The average Bonchev–Trinajstić information content (AvgIpc) is 3.26. The number of furan rings is 1. The fourth-order valence-corrected chi connectivity index (χ4v) is 3.57. The van der Waals surface area contributed by atoms with Crippen molar-refractivity contribution in [2.75, 3.05) is 12.4 Å². The molecule has 0 aliphatic rings. The number of aromatic amines is 1. The zero-order chi connectivity index (χ0) is 18.8. The van der Waals surface area contributed by atoms with Gasteiger partial charge in [0, 0.05) is 11.8 Å². The second-order valence-electron chi connectivity index (χ2n) is 6.14. The molecule has 4 rings (SSSR count). The Bertz CT molecular complexity index is 1110. The fourth-order valence-electron chi connectivity index (χ4n) is 2.81. The minimum atomic E-state index is -0.228. The molecular weight excluding hydrogens is 364 g/mol. The quantitative estimate of drug-likeness (QED) is 0.406. The minimum Gasteiger partial charge on any atom is -0.493 e. The lowest BCUT2D eigenvalue weighted by atomic mass is 10.1. The van der Waals surface area contributed by atoms with Crippen LogP contribution in [-0.2, 0) is 0 Å². The third kappa shape index (κ3) is 3.90. The summed E-state index contributed by atoms with van der Waals surface area (Å²) in [5, 5.41) is 3.34. The van der Waals surface area contributed by atoms with E-state index >= 15 is 0 Å². The Morgan fingerprint density at radius 2 is 2.00 bits per heavy atom. The van der Waals surface area contributed by atoms with E-state index in [0.717, 1.165) is 5.75 Å². The van der Waals surface area contributed by atoms with E-state index in [1.54, 1.807) is 22.9 Å². The number of nitrogens with one attached hydrogen (secondary N) is 1. The molecule has 0 unspecified atom stereocenters. The van der Waals surface area contributed by atoms with Crippen LogP contribution >= 0.6 is 11.8 Å². The largest absolute Gasteiger partial charge is 0.493 e. The summed E-state index contributed by atoms with van der Waals surface area (Å²) in [4.78, 5) is 20.6. The maximum atomic E-state index is 11.7. The topological polar surface area (TPSA) is 85.4 Å². The first kappa shape index (κ1) is 17.4. The number of aryl methyl sites for hydroxylation is 2. The lowest BCUT2D eigenvalue weighted by molar-refractivity contribution is 0.343. The van der Waals surface area contributed by atoms with E-state index in [0.29, 0.717) is 34.7 Å². The lowest BCUT2D eigenvalue weighted by Gasteiger charge is -2.09. The van der Waals surface area contributed by atoms with Crippen molar-refractivity contribution in [1.29, 1.82) is 0 Å². The third-order valence-corrected chi connectivity index (χ3v) is 4.75. The highest BCUT2D eigenvalue weighted by Gasteiger charge is 2.13. The molecule has 1 aromatic carbocycles. The third-order valence-electron chi connectivity index (χ3n) is 3.84. The molecule has 0 fully saturated rings. The summed E-state index contributed by atoms with van der Waals surface area (Å²) in [5.41, 5.74) is 2.61. The molecule has 0 spiro atoms. The van der Waals surface area contributed by atoms with Crippen LogP contribution in [0, 0.1) is 13.8 Å². The Hall–Kier alpha value is -3.00. The van der Waals surface area contributed by atoms with Crippen LogP contribution in [0.15, 0.2) is 57.0 Å². The minimum absolute atomic E-state index is 0.228. The first-order valence-corrected chi connectivity index (χ1v) is 9.45. The predicted molar refractivity (Wildman–Crippen MR) is 103 cm³/mol. The van der Waals surface area contributed by atoms with Gasteiger partial charge in [0.2, 0.25) is 0 Å². The number of rotatable bonds is 6. The molecule has 27 heavy (non-hydrogen) atoms. The van der Waals surface area contributed by atoms with Crippen LogP contribution in [0.4, 0.5) is 0 Å². The van der Waals surface area contributed by atoms with Crippen molar-refractivity contribution in [2.24, 2.45) is 0 Å². The van der Waals surface area contributed by atoms with Gasteiger partial charge in [-0.2, -0.15) is 4.98 Å². The molecule has 0 bridgehead atoms. The first-order chi connectivity index (χ1) is 13.1. The van der Waals surface area contributed by atoms with Gasteiger partial charge < -0.3 is 9.15 Å². The van der Waals surface area contributed by atoms with Crippen LogP contribution in [-0.4, -0.2) is 31.9 Å². The molecule has 0 atom stereocenters. The van der Waals surface area contributed by atoms with E-state index in [-0.39, 0.29) is 5.56 Å². The van der Waals surface area contributed by atoms with E-state index < -0.39 is 0 Å². The molecule has 7 nitrogen and oxygen atoms in total. The SMILES string of the molecule is Cc1cc(C)cc(OCCSc2nc(-c3ccco3)nc3cc(=O)[nH]n23)c1. The summed E-state index contributed by atoms with van der Waals surface area (Å²) in [6.45, 7) is 4.61. The zero-order valence-corrected chi connectivity index (χ0v) is 15.7. The van der Waals surface area contributed by atoms with Crippen LogP contribution < -0.4 is 10.3 Å². The molecule has 3 heterocycles. The van der Waals surface area contributed by atoms with Crippen molar-refractivity contribution < 1.29 is 9.15 Å². The van der Waals surface area contributed by atoms with Gasteiger partial charge >= 0.3 is 0 Å². The average molecular weight is 382 g/mol. The Balaban J connectivity index is 1.51. The van der Waals surface area contributed by atoms with Gasteiger partial charge in [0.1, 0.15) is 5.75 Å². The van der Waals surface area contributed by atoms with E-state index in [1.807, 2.05) is 26.0 Å². The molecule has 0 aliphatic carbocycles. The second-order valence-corrected chi connectivity index (χ2v) is 7.20. The Morgan fingerprint density at radius 1 is 1.19 bits per heavy atom. The van der Waals surface area contributed by atoms with Crippen molar-refractivity contribution in [2.45, 2.75) is 19.0 Å². The highest BCUT2D eigenvalue weighted by molar-refractivity contribution is 7.99. The van der Waals surface area contributed by atoms with Gasteiger partial charge in [-0.25, -0.2) is 9.50 Å². The number of fused-ring (bicyclic) bond motifs is 1. The highest BCUT2D eigenvalue weighted by atomic mass is 32.2. The van der Waals surface area contributed by atoms with Crippen molar-refractivity contribution in [3.05, 3.63) is 64.1 Å². The van der Waals surface area contributed by atoms with E-state index in [1.165, 1.54) is 29.0 Å². The smallest absolute Gasteiger partial charge is 0.266 e. The zero-order valence-electron chi connectivity index (χ0n) is 14.9. The fraction of sp³-hybridized carbons (Fsp3) is 0.211. The number of H-pyrrole nitrogens is 1. The predicted octanol–water partition coefficient (Wildman–Crippen LogP) is 3.47. The summed E-state index contributed by atoms with van der Waals surface area (Å²) in [5.74, 6) is 2.51. The molecule has 0 radical (unpaired) electrons. The van der Waals surface area contributed by atoms with Gasteiger partial charge in [-0.1, -0.05) is 17.8 Å². The summed E-state index contributed by atoms with van der Waals surface area (Å²) >= 11 is 1.48. The standard InChI is InChI=1S/C19H18N4O3S/c1-12-8-13(2)10-14(9-12)25-6-7-27-19-21-18(15-4-3-5-26-15)20-16-11-17(24)22-23(16)19/h3-5,8-11H,6-7H2,1-2H3,(H,22,24). The van der Waals surface area contributed by atoms with Gasteiger partial charge in [-0.15, -0.1) is 0 Å². The Morgan fingerprint density at radius 3 is 2.74 bits per heavy atom. The molecule has 8 heteroatoms. The molecule has 0 saturated carbocycles. The van der Waals surface area contributed by atoms with Crippen LogP contribution in [0.5, 0.6) is 5.75 Å². The maximum Gasteiger partial charge on any atom is 0.266 e. The van der Waals surface area contributed by atoms with Crippen LogP contribution in [0.25, 0.3) is 17.2 Å². The normalized spacial score (nSPS) is 11.2.